The van der Waals surface area contributed by atoms with E-state index in [-0.39, 0.29) is 4.90 Å². The average Bonchev–Trinajstić information content (AvgIpc) is 2.36. The Bertz CT molecular complexity index is 620. The topological polar surface area (TPSA) is 101 Å². The van der Waals surface area contributed by atoms with Crippen LogP contribution in [0.15, 0.2) is 17.0 Å². The van der Waals surface area contributed by atoms with Crippen LogP contribution in [0.2, 0.25) is 0 Å². The molecule has 2 unspecified atom stereocenters. The molecule has 1 saturated heterocycles. The number of hydrazine groups is 1. The van der Waals surface area contributed by atoms with Crippen molar-refractivity contribution in [2.24, 2.45) is 5.14 Å². The number of piperidine rings is 1. The van der Waals surface area contributed by atoms with Crippen molar-refractivity contribution in [3.8, 4) is 0 Å². The van der Waals surface area contributed by atoms with Crippen molar-refractivity contribution in [2.75, 3.05) is 11.2 Å². The molecule has 6 nitrogen and oxygen atoms in total. The lowest BCUT2D eigenvalue weighted by Gasteiger charge is -2.40. The van der Waals surface area contributed by atoms with Crippen LogP contribution < -0.4 is 16.3 Å². The Morgan fingerprint density at radius 2 is 1.81 bits per heavy atom. The third kappa shape index (κ3) is 3.48. The van der Waals surface area contributed by atoms with Gasteiger partial charge in [-0.3, -0.25) is 0 Å². The highest BCUT2D eigenvalue weighted by Crippen LogP contribution is 2.29. The van der Waals surface area contributed by atoms with Gasteiger partial charge in [0.25, 0.3) is 0 Å². The summed E-state index contributed by atoms with van der Waals surface area (Å²) in [7, 11) is -3.78. The summed E-state index contributed by atoms with van der Waals surface area (Å²) >= 11 is 0. The molecule has 0 amide bonds. The van der Waals surface area contributed by atoms with Gasteiger partial charge in [-0.2, -0.15) is 0 Å². The number of nitrogens with two attached hydrogens (primary N) is 2. The van der Waals surface area contributed by atoms with Crippen molar-refractivity contribution in [3.05, 3.63) is 17.7 Å². The summed E-state index contributed by atoms with van der Waals surface area (Å²) in [6.45, 7) is 6.05. The standard InChI is InChI=1S/C14H24N4O2S/c1-9-5-4-6-10(2)18(9)17-13-7-12(15)8-14(11(13)3)21(16,19)20/h7-10,17H,4-6,15H2,1-3H3,(H2,16,19,20). The second-order valence-corrected chi connectivity index (χ2v) is 7.41. The van der Waals surface area contributed by atoms with E-state index in [1.54, 1.807) is 13.0 Å². The largest absolute Gasteiger partial charge is 0.399 e. The molecule has 7 heteroatoms. The Labute approximate surface area is 126 Å². The van der Waals surface area contributed by atoms with Gasteiger partial charge >= 0.3 is 0 Å². The normalized spacial score (nSPS) is 24.0. The van der Waals surface area contributed by atoms with E-state index in [1.807, 2.05) is 0 Å². The van der Waals surface area contributed by atoms with Gasteiger partial charge in [0.05, 0.1) is 10.6 Å². The Balaban J connectivity index is 2.38. The first-order chi connectivity index (χ1) is 9.70. The lowest BCUT2D eigenvalue weighted by molar-refractivity contribution is 0.135. The summed E-state index contributed by atoms with van der Waals surface area (Å²) < 4.78 is 23.3. The first-order valence-corrected chi connectivity index (χ1v) is 8.72. The number of benzene rings is 1. The summed E-state index contributed by atoms with van der Waals surface area (Å²) in [4.78, 5) is 0.0716. The molecule has 1 aliphatic heterocycles. The first-order valence-electron chi connectivity index (χ1n) is 7.18. The van der Waals surface area contributed by atoms with Gasteiger partial charge < -0.3 is 11.2 Å². The number of nitrogens with one attached hydrogen (secondary N) is 1. The second-order valence-electron chi connectivity index (χ2n) is 5.88. The van der Waals surface area contributed by atoms with Gasteiger partial charge in [-0.15, -0.1) is 0 Å². The maximum Gasteiger partial charge on any atom is 0.238 e. The summed E-state index contributed by atoms with van der Waals surface area (Å²) in [6, 6.07) is 3.91. The number of anilines is 2. The number of hydrogen-bond acceptors (Lipinski definition) is 5. The molecule has 0 aromatic heterocycles. The number of nitrogens with zero attached hydrogens (tertiary/aromatic N) is 1. The van der Waals surface area contributed by atoms with Crippen LogP contribution in [-0.4, -0.2) is 25.5 Å². The molecule has 5 N–H and O–H groups in total. The molecule has 0 radical (unpaired) electrons. The fraction of sp³-hybridized carbons (Fsp3) is 0.571. The van der Waals surface area contributed by atoms with Crippen molar-refractivity contribution in [3.63, 3.8) is 0 Å². The Hall–Kier alpha value is -1.31. The van der Waals surface area contributed by atoms with Crippen molar-refractivity contribution >= 4 is 21.4 Å². The predicted molar refractivity (Wildman–Crippen MR) is 85.2 cm³/mol. The molecule has 0 aliphatic carbocycles. The van der Waals surface area contributed by atoms with Crippen molar-refractivity contribution < 1.29 is 8.42 Å². The lowest BCUT2D eigenvalue weighted by Crippen LogP contribution is -2.47. The van der Waals surface area contributed by atoms with Crippen LogP contribution in [0.25, 0.3) is 0 Å². The van der Waals surface area contributed by atoms with E-state index in [2.05, 4.69) is 24.3 Å². The molecule has 1 heterocycles. The average molecular weight is 312 g/mol. The fourth-order valence-electron chi connectivity index (χ4n) is 2.90. The molecule has 1 fully saturated rings. The van der Waals surface area contributed by atoms with Gasteiger partial charge in [0.15, 0.2) is 0 Å². The monoisotopic (exact) mass is 312 g/mol. The van der Waals surface area contributed by atoms with Crippen molar-refractivity contribution in [2.45, 2.75) is 57.0 Å². The zero-order chi connectivity index (χ0) is 15.8. The first kappa shape index (κ1) is 16.1. The van der Waals surface area contributed by atoms with Crippen LogP contribution in [0, 0.1) is 6.92 Å². The number of sulfonamides is 1. The molecule has 1 aromatic carbocycles. The summed E-state index contributed by atoms with van der Waals surface area (Å²) in [6.07, 6.45) is 3.43. The van der Waals surface area contributed by atoms with Crippen LogP contribution in [0.4, 0.5) is 11.4 Å². The highest BCUT2D eigenvalue weighted by molar-refractivity contribution is 7.89. The summed E-state index contributed by atoms with van der Waals surface area (Å²) in [5.74, 6) is 0. The smallest absolute Gasteiger partial charge is 0.238 e. The molecule has 0 bridgehead atoms. The molecular formula is C14H24N4O2S. The van der Waals surface area contributed by atoms with Gasteiger partial charge in [0, 0.05) is 17.8 Å². The van der Waals surface area contributed by atoms with Crippen LogP contribution >= 0.6 is 0 Å². The van der Waals surface area contributed by atoms with Crippen LogP contribution in [0.1, 0.15) is 38.7 Å². The van der Waals surface area contributed by atoms with E-state index in [0.717, 1.165) is 12.8 Å². The van der Waals surface area contributed by atoms with E-state index >= 15 is 0 Å². The Kier molecular flexibility index (Phi) is 4.46. The summed E-state index contributed by atoms with van der Waals surface area (Å²) in [5.41, 5.74) is 10.8. The van der Waals surface area contributed by atoms with Crippen molar-refractivity contribution in [1.82, 2.24) is 5.01 Å². The molecule has 2 atom stereocenters. The molecule has 1 aromatic rings. The van der Waals surface area contributed by atoms with Gasteiger partial charge in [0.1, 0.15) is 0 Å². The Morgan fingerprint density at radius 1 is 1.24 bits per heavy atom. The SMILES string of the molecule is Cc1c(NN2C(C)CCCC2C)cc(N)cc1S(N)(=O)=O. The third-order valence-electron chi connectivity index (χ3n) is 4.13. The van der Waals surface area contributed by atoms with Crippen LogP contribution in [-0.2, 0) is 10.0 Å². The fourth-order valence-corrected chi connectivity index (χ4v) is 3.74. The molecular weight excluding hydrogens is 288 g/mol. The van der Waals surface area contributed by atoms with Gasteiger partial charge in [-0.25, -0.2) is 18.6 Å². The summed E-state index contributed by atoms with van der Waals surface area (Å²) in [5, 5.41) is 7.42. The third-order valence-corrected chi connectivity index (χ3v) is 5.17. The minimum atomic E-state index is -3.78. The quantitative estimate of drug-likeness (QED) is 0.739. The number of rotatable bonds is 3. The van der Waals surface area contributed by atoms with E-state index in [1.165, 1.54) is 12.5 Å². The molecule has 21 heavy (non-hydrogen) atoms. The predicted octanol–water partition coefficient (Wildman–Crippen LogP) is 1.81. The zero-order valence-corrected chi connectivity index (χ0v) is 13.6. The van der Waals surface area contributed by atoms with Gasteiger partial charge in [-0.05, 0) is 51.3 Å². The van der Waals surface area contributed by atoms with Crippen LogP contribution in [0.3, 0.4) is 0 Å². The minimum Gasteiger partial charge on any atom is -0.399 e. The molecule has 1 aliphatic rings. The maximum absolute atomic E-state index is 11.7. The highest BCUT2D eigenvalue weighted by atomic mass is 32.2. The van der Waals surface area contributed by atoms with Crippen LogP contribution in [0.5, 0.6) is 0 Å². The van der Waals surface area contributed by atoms with E-state index in [0.29, 0.717) is 29.0 Å². The highest BCUT2D eigenvalue weighted by Gasteiger charge is 2.26. The van der Waals surface area contributed by atoms with Crippen molar-refractivity contribution in [1.29, 1.82) is 0 Å². The van der Waals surface area contributed by atoms with Gasteiger partial charge in [-0.1, -0.05) is 6.42 Å². The van der Waals surface area contributed by atoms with E-state index < -0.39 is 10.0 Å². The lowest BCUT2D eigenvalue weighted by atomic mass is 10.00. The van der Waals surface area contributed by atoms with E-state index in [9.17, 15) is 8.42 Å². The number of hydrogen-bond donors (Lipinski definition) is 3. The number of nitrogen functional groups attached to an aromatic ring is 1. The zero-order valence-electron chi connectivity index (χ0n) is 12.8. The maximum atomic E-state index is 11.7. The Morgan fingerprint density at radius 3 is 2.33 bits per heavy atom. The molecule has 0 spiro atoms. The molecule has 2 rings (SSSR count). The molecule has 0 saturated carbocycles. The molecule has 118 valence electrons. The van der Waals surface area contributed by atoms with E-state index in [4.69, 9.17) is 10.9 Å². The number of primary sulfonamides is 1. The van der Waals surface area contributed by atoms with Gasteiger partial charge in [0.2, 0.25) is 10.0 Å². The second kappa shape index (κ2) is 5.82. The minimum absolute atomic E-state index is 0.0716.